The second-order valence-electron chi connectivity index (χ2n) is 4.75. The van der Waals surface area contributed by atoms with E-state index in [1.165, 1.54) is 0 Å². The number of hydrogen-bond acceptors (Lipinski definition) is 3. The van der Waals surface area contributed by atoms with Gasteiger partial charge in [-0.3, -0.25) is 0 Å². The van der Waals surface area contributed by atoms with Crippen molar-refractivity contribution in [1.82, 2.24) is 0 Å². The van der Waals surface area contributed by atoms with Crippen molar-refractivity contribution in [1.29, 1.82) is 0 Å². The fraction of sp³-hybridized carbons (Fsp3) is 1.00. The van der Waals surface area contributed by atoms with Crippen LogP contribution < -0.4 is 0 Å². The Balaban J connectivity index is 0. The molecule has 0 amide bonds. The summed E-state index contributed by atoms with van der Waals surface area (Å²) >= 11 is -4.97. The quantitative estimate of drug-likeness (QED) is 0.251. The van der Waals surface area contributed by atoms with Crippen LogP contribution in [0.1, 0.15) is 0 Å². The zero-order valence-corrected chi connectivity index (χ0v) is 14.9. The van der Waals surface area contributed by atoms with Gasteiger partial charge in [-0.2, -0.15) is 74.6 Å². The van der Waals surface area contributed by atoms with Crippen LogP contribution in [-0.2, 0) is 37.3 Å². The molecule has 0 bridgehead atoms. The smallest absolute Gasteiger partial charge is 0.460 e. The third-order valence-corrected chi connectivity index (χ3v) is 3.21. The number of alkyl halides is 17. The van der Waals surface area contributed by atoms with Crippen LogP contribution in [0.15, 0.2) is 0 Å². The molecule has 0 aromatic heterocycles. The van der Waals surface area contributed by atoms with E-state index in [2.05, 4.69) is 0 Å². The molecule has 180 valence electrons. The van der Waals surface area contributed by atoms with Crippen LogP contribution in [-0.4, -0.2) is 56.6 Å². The van der Waals surface area contributed by atoms with Crippen molar-refractivity contribution >= 4 is 11.4 Å². The molecule has 0 N–H and O–H groups in total. The van der Waals surface area contributed by atoms with Gasteiger partial charge in [0.2, 0.25) is 0 Å². The number of rotatable bonds is 8. The van der Waals surface area contributed by atoms with Gasteiger partial charge in [0.15, 0.2) is 0 Å². The Hall–Kier alpha value is -0.406. The van der Waals surface area contributed by atoms with Gasteiger partial charge in [0, 0.05) is 21.7 Å². The van der Waals surface area contributed by atoms with E-state index in [0.717, 1.165) is 0 Å². The maximum atomic E-state index is 13.1. The fourth-order valence-electron chi connectivity index (χ4n) is 1.29. The van der Waals surface area contributed by atoms with Gasteiger partial charge in [-0.15, -0.1) is 0 Å². The summed E-state index contributed by atoms with van der Waals surface area (Å²) in [6, 6.07) is 0. The van der Waals surface area contributed by atoms with E-state index in [0.29, 0.717) is 0 Å². The third-order valence-electron chi connectivity index (χ3n) is 2.87. The zero-order chi connectivity index (χ0) is 24.3. The maximum absolute atomic E-state index is 13.1. The van der Waals surface area contributed by atoms with Crippen LogP contribution in [0.25, 0.3) is 0 Å². The first-order valence-electron chi connectivity index (χ1n) is 5.67. The molecule has 0 aromatic rings. The summed E-state index contributed by atoms with van der Waals surface area (Å²) in [5, 5.41) is 0. The number of hydrogen-bond donors (Lipinski definition) is 0. The molecule has 0 saturated carbocycles. The Morgan fingerprint density at radius 1 is 0.500 bits per heavy atom. The second kappa shape index (κ2) is 8.18. The average molecular weight is 547 g/mol. The first-order chi connectivity index (χ1) is 12.2. The first kappa shape index (κ1) is 31.8. The van der Waals surface area contributed by atoms with E-state index in [4.69, 9.17) is 0 Å². The minimum atomic E-state index is -8.78. The largest absolute Gasteiger partial charge is 0.750 e. The molecular formula is C8F17O3STi-. The zero-order valence-electron chi connectivity index (χ0n) is 12.6. The summed E-state index contributed by atoms with van der Waals surface area (Å²) in [5.41, 5.74) is 0. The van der Waals surface area contributed by atoms with Gasteiger partial charge >= 0.3 is 47.8 Å². The monoisotopic (exact) mass is 547 g/mol. The standard InChI is InChI=1S/C8HF17O3S.Ti/c9-1(10,3(13,14)5(17,18)7(21,22)23)2(11,12)4(15,16)6(19,20)8(24,25)28-29(26)27;/h(H,26,27);/p-1. The van der Waals surface area contributed by atoms with Crippen LogP contribution in [0.4, 0.5) is 74.6 Å². The molecule has 0 aromatic carbocycles. The van der Waals surface area contributed by atoms with Crippen LogP contribution >= 0.6 is 0 Å². The van der Waals surface area contributed by atoms with Gasteiger partial charge in [-0.25, -0.2) is 8.39 Å². The molecule has 0 radical (unpaired) electrons. The minimum Gasteiger partial charge on any atom is -0.750 e. The summed E-state index contributed by atoms with van der Waals surface area (Å²) in [6.07, 6.45) is -15.2. The van der Waals surface area contributed by atoms with E-state index in [1.54, 1.807) is 4.18 Å². The molecule has 0 aliphatic heterocycles. The van der Waals surface area contributed by atoms with Gasteiger partial charge < -0.3 is 4.55 Å². The van der Waals surface area contributed by atoms with Crippen molar-refractivity contribution in [2.45, 2.75) is 47.8 Å². The van der Waals surface area contributed by atoms with Gasteiger partial charge in [0.1, 0.15) is 0 Å². The summed E-state index contributed by atoms with van der Waals surface area (Å²) in [4.78, 5) is 0. The van der Waals surface area contributed by atoms with Gasteiger partial charge in [0.25, 0.3) is 0 Å². The van der Waals surface area contributed by atoms with E-state index < -0.39 is 59.2 Å². The Morgan fingerprint density at radius 2 is 0.733 bits per heavy atom. The Bertz CT molecular complexity index is 643. The van der Waals surface area contributed by atoms with Crippen molar-refractivity contribution in [3.63, 3.8) is 0 Å². The Labute approximate surface area is 169 Å². The molecular weight excluding hydrogens is 547 g/mol. The molecule has 1 unspecified atom stereocenters. The van der Waals surface area contributed by atoms with Gasteiger partial charge in [-0.05, 0) is 0 Å². The molecule has 22 heteroatoms. The average Bonchev–Trinajstić information content (AvgIpc) is 2.43. The van der Waals surface area contributed by atoms with Crippen molar-refractivity contribution < 1.29 is 109 Å². The van der Waals surface area contributed by atoms with Crippen molar-refractivity contribution in [2.24, 2.45) is 0 Å². The second-order valence-corrected chi connectivity index (χ2v) is 5.32. The predicted octanol–water partition coefficient (Wildman–Crippen LogP) is 4.76. The molecule has 1 atom stereocenters. The Morgan fingerprint density at radius 3 is 0.967 bits per heavy atom. The van der Waals surface area contributed by atoms with Gasteiger partial charge in [-0.1, -0.05) is 0 Å². The minimum absolute atomic E-state index is 0. The Kier molecular flexibility index (Phi) is 8.66. The molecule has 0 heterocycles. The summed E-state index contributed by atoms with van der Waals surface area (Å²) in [5.74, 6) is -51.2. The molecule has 3 nitrogen and oxygen atoms in total. The van der Waals surface area contributed by atoms with Crippen molar-refractivity contribution in [3.8, 4) is 0 Å². The molecule has 0 aliphatic rings. The SMILES string of the molecule is O=S([O-])OC(F)(F)C(F)(F)C(F)(F)C(F)(F)C(F)(F)C(F)(F)C(F)(F)C(F)(F)F.[Ti]. The van der Waals surface area contributed by atoms with Gasteiger partial charge in [0.05, 0.1) is 11.4 Å². The maximum Gasteiger partial charge on any atom is 0.460 e. The van der Waals surface area contributed by atoms with Crippen molar-refractivity contribution in [2.75, 3.05) is 0 Å². The summed E-state index contributed by atoms with van der Waals surface area (Å²) < 4.78 is 236. The molecule has 0 saturated heterocycles. The molecule has 0 aliphatic carbocycles. The normalized spacial score (nSPS) is 16.9. The molecule has 0 fully saturated rings. The molecule has 30 heavy (non-hydrogen) atoms. The van der Waals surface area contributed by atoms with E-state index in [9.17, 15) is 83.4 Å². The van der Waals surface area contributed by atoms with Crippen LogP contribution in [0.3, 0.4) is 0 Å². The van der Waals surface area contributed by atoms with Crippen LogP contribution in [0.5, 0.6) is 0 Å². The predicted molar refractivity (Wildman–Crippen MR) is 50.7 cm³/mol. The van der Waals surface area contributed by atoms with Crippen molar-refractivity contribution in [3.05, 3.63) is 0 Å². The van der Waals surface area contributed by atoms with Crippen LogP contribution in [0, 0.1) is 0 Å². The fourth-order valence-corrected chi connectivity index (χ4v) is 1.56. The topological polar surface area (TPSA) is 49.4 Å². The third kappa shape index (κ3) is 4.27. The first-order valence-corrected chi connectivity index (χ1v) is 6.67. The molecule has 0 rings (SSSR count). The summed E-state index contributed by atoms with van der Waals surface area (Å²) in [7, 11) is 0. The number of halogens is 17. The van der Waals surface area contributed by atoms with Crippen LogP contribution in [0.2, 0.25) is 0 Å². The van der Waals surface area contributed by atoms with E-state index >= 15 is 0 Å². The van der Waals surface area contributed by atoms with E-state index in [-0.39, 0.29) is 21.7 Å². The molecule has 0 spiro atoms. The van der Waals surface area contributed by atoms with E-state index in [1.807, 2.05) is 0 Å². The summed E-state index contributed by atoms with van der Waals surface area (Å²) in [6.45, 7) is 0.